The van der Waals surface area contributed by atoms with Gasteiger partial charge in [0.1, 0.15) is 10.0 Å². The zero-order valence-electron chi connectivity index (χ0n) is 11.1. The van der Waals surface area contributed by atoms with Crippen molar-refractivity contribution in [2.75, 3.05) is 4.31 Å². The van der Waals surface area contributed by atoms with Gasteiger partial charge in [-0.25, -0.2) is 13.4 Å². The Morgan fingerprint density at radius 3 is 2.81 bits per heavy atom. The molecular formula is C14H12BrClN2O2S. The zero-order valence-corrected chi connectivity index (χ0v) is 14.3. The molecule has 0 N–H and O–H groups in total. The summed E-state index contributed by atoms with van der Waals surface area (Å²) in [5.41, 5.74) is 1.77. The van der Waals surface area contributed by atoms with E-state index >= 15 is 0 Å². The van der Waals surface area contributed by atoms with Gasteiger partial charge in [0.25, 0.3) is 10.0 Å². The van der Waals surface area contributed by atoms with Crippen LogP contribution in [0.5, 0.6) is 0 Å². The highest BCUT2D eigenvalue weighted by atomic mass is 79.9. The van der Waals surface area contributed by atoms with Crippen molar-refractivity contribution in [3.8, 4) is 0 Å². The first-order valence-corrected chi connectivity index (χ1v) is 8.96. The maximum Gasteiger partial charge on any atom is 0.266 e. The fraction of sp³-hybridized carbons (Fsp3) is 0.214. The van der Waals surface area contributed by atoms with Gasteiger partial charge in [0, 0.05) is 12.2 Å². The quantitative estimate of drug-likeness (QED) is 0.739. The third-order valence-electron chi connectivity index (χ3n) is 3.47. The lowest BCUT2D eigenvalue weighted by atomic mass is 10.1. The summed E-state index contributed by atoms with van der Waals surface area (Å²) in [6.07, 6.45) is 1.99. The number of halogens is 2. The standard InChI is InChI=1S/C14H12BrClN2O2S/c1-9-6-10-4-2-3-5-13(10)18(9)21(19,20)11-7-12(15)14(16)17-8-11/h2-5,7-9H,6H2,1H3/t9-/m1/s1. The van der Waals surface area contributed by atoms with E-state index in [0.29, 0.717) is 10.9 Å². The highest BCUT2D eigenvalue weighted by Crippen LogP contribution is 2.37. The van der Waals surface area contributed by atoms with Crippen LogP contribution in [0.2, 0.25) is 5.15 Å². The van der Waals surface area contributed by atoms with E-state index in [1.54, 1.807) is 0 Å². The van der Waals surface area contributed by atoms with Crippen LogP contribution >= 0.6 is 27.5 Å². The summed E-state index contributed by atoms with van der Waals surface area (Å²) < 4.78 is 27.7. The molecule has 110 valence electrons. The third-order valence-corrected chi connectivity index (χ3v) is 6.50. The molecule has 1 aliphatic rings. The molecular weight excluding hydrogens is 376 g/mol. The molecule has 0 unspecified atom stereocenters. The predicted molar refractivity (Wildman–Crippen MR) is 86.2 cm³/mol. The van der Waals surface area contributed by atoms with E-state index in [-0.39, 0.29) is 16.1 Å². The topological polar surface area (TPSA) is 50.3 Å². The lowest BCUT2D eigenvalue weighted by molar-refractivity contribution is 0.583. The second kappa shape index (κ2) is 5.26. The van der Waals surface area contributed by atoms with Gasteiger partial charge >= 0.3 is 0 Å². The van der Waals surface area contributed by atoms with Crippen LogP contribution in [0.4, 0.5) is 5.69 Å². The third kappa shape index (κ3) is 2.45. The van der Waals surface area contributed by atoms with Crippen molar-refractivity contribution in [1.82, 2.24) is 4.98 Å². The number of pyridine rings is 1. The summed E-state index contributed by atoms with van der Waals surface area (Å²) in [7, 11) is -3.66. The minimum atomic E-state index is -3.66. The second-order valence-electron chi connectivity index (χ2n) is 4.93. The maximum absolute atomic E-state index is 12.9. The highest BCUT2D eigenvalue weighted by Gasteiger charge is 2.36. The van der Waals surface area contributed by atoms with Crippen LogP contribution < -0.4 is 4.31 Å². The molecule has 0 bridgehead atoms. The molecule has 0 aliphatic carbocycles. The highest BCUT2D eigenvalue weighted by molar-refractivity contribution is 9.10. The van der Waals surface area contributed by atoms with E-state index in [2.05, 4.69) is 20.9 Å². The van der Waals surface area contributed by atoms with E-state index in [1.165, 1.54) is 16.6 Å². The van der Waals surface area contributed by atoms with Crippen LogP contribution in [0.3, 0.4) is 0 Å². The molecule has 0 saturated heterocycles. The Hall–Kier alpha value is -1.11. The first-order valence-electron chi connectivity index (χ1n) is 6.34. The van der Waals surface area contributed by atoms with Gasteiger partial charge in [-0.2, -0.15) is 0 Å². The number of anilines is 1. The van der Waals surface area contributed by atoms with Crippen molar-refractivity contribution in [1.29, 1.82) is 0 Å². The van der Waals surface area contributed by atoms with E-state index in [9.17, 15) is 8.42 Å². The van der Waals surface area contributed by atoms with Gasteiger partial charge < -0.3 is 0 Å². The minimum Gasteiger partial charge on any atom is -0.263 e. The molecule has 1 aliphatic heterocycles. The van der Waals surface area contributed by atoms with Crippen molar-refractivity contribution < 1.29 is 8.42 Å². The molecule has 3 rings (SSSR count). The molecule has 7 heteroatoms. The number of para-hydroxylation sites is 1. The lowest BCUT2D eigenvalue weighted by Gasteiger charge is -2.24. The van der Waals surface area contributed by atoms with Gasteiger partial charge in [0.05, 0.1) is 10.2 Å². The number of fused-ring (bicyclic) bond motifs is 1. The average Bonchev–Trinajstić information content (AvgIpc) is 2.78. The van der Waals surface area contributed by atoms with E-state index in [1.807, 2.05) is 31.2 Å². The minimum absolute atomic E-state index is 0.123. The molecule has 1 atom stereocenters. The first kappa shape index (κ1) is 14.8. The van der Waals surface area contributed by atoms with Gasteiger partial charge in [0.15, 0.2) is 0 Å². The number of hydrogen-bond donors (Lipinski definition) is 0. The van der Waals surface area contributed by atoms with Crippen LogP contribution in [0.25, 0.3) is 0 Å². The summed E-state index contributed by atoms with van der Waals surface area (Å²) in [6.45, 7) is 1.90. The Labute approximate surface area is 136 Å². The smallest absolute Gasteiger partial charge is 0.263 e. The average molecular weight is 388 g/mol. The summed E-state index contributed by atoms with van der Waals surface area (Å²) in [5, 5.41) is 0.240. The fourth-order valence-corrected chi connectivity index (χ4v) is 4.83. The van der Waals surface area contributed by atoms with Crippen LogP contribution in [0, 0.1) is 0 Å². The number of aromatic nitrogens is 1. The van der Waals surface area contributed by atoms with Gasteiger partial charge in [-0.3, -0.25) is 4.31 Å². The van der Waals surface area contributed by atoms with E-state index < -0.39 is 10.0 Å². The largest absolute Gasteiger partial charge is 0.266 e. The Kier molecular flexibility index (Phi) is 3.71. The van der Waals surface area contributed by atoms with Crippen molar-refractivity contribution in [2.45, 2.75) is 24.3 Å². The summed E-state index contributed by atoms with van der Waals surface area (Å²) in [5.74, 6) is 0. The van der Waals surface area contributed by atoms with Crippen LogP contribution in [-0.2, 0) is 16.4 Å². The molecule has 0 spiro atoms. The number of nitrogens with zero attached hydrogens (tertiary/aromatic N) is 2. The summed E-state index contributed by atoms with van der Waals surface area (Å²) in [6, 6.07) is 8.91. The molecule has 0 amide bonds. The monoisotopic (exact) mass is 386 g/mol. The van der Waals surface area contributed by atoms with E-state index in [4.69, 9.17) is 11.6 Å². The molecule has 1 aromatic carbocycles. The predicted octanol–water partition coefficient (Wildman–Crippen LogP) is 3.64. The Morgan fingerprint density at radius 2 is 2.10 bits per heavy atom. The Balaban J connectivity index is 2.12. The van der Waals surface area contributed by atoms with Crippen LogP contribution in [-0.4, -0.2) is 19.4 Å². The van der Waals surface area contributed by atoms with Crippen molar-refractivity contribution in [3.05, 3.63) is 51.7 Å². The van der Waals surface area contributed by atoms with Gasteiger partial charge in [-0.05, 0) is 47.0 Å². The molecule has 0 fully saturated rings. The van der Waals surface area contributed by atoms with Crippen LogP contribution in [0.15, 0.2) is 45.9 Å². The van der Waals surface area contributed by atoms with Gasteiger partial charge in [0.2, 0.25) is 0 Å². The SMILES string of the molecule is C[C@@H]1Cc2ccccc2N1S(=O)(=O)c1cnc(Cl)c(Br)c1. The van der Waals surface area contributed by atoms with Crippen molar-refractivity contribution >= 4 is 43.2 Å². The van der Waals surface area contributed by atoms with Gasteiger partial charge in [-0.1, -0.05) is 29.8 Å². The molecule has 0 radical (unpaired) electrons. The molecule has 0 saturated carbocycles. The van der Waals surface area contributed by atoms with Crippen LogP contribution in [0.1, 0.15) is 12.5 Å². The number of benzene rings is 1. The number of sulfonamides is 1. The normalized spacial score (nSPS) is 17.9. The first-order chi connectivity index (χ1) is 9.91. The molecule has 2 aromatic rings. The molecule has 4 nitrogen and oxygen atoms in total. The number of rotatable bonds is 2. The second-order valence-corrected chi connectivity index (χ2v) is 7.95. The van der Waals surface area contributed by atoms with Crippen molar-refractivity contribution in [3.63, 3.8) is 0 Å². The molecule has 2 heterocycles. The zero-order chi connectivity index (χ0) is 15.2. The Morgan fingerprint density at radius 1 is 1.38 bits per heavy atom. The molecule has 1 aromatic heterocycles. The Bertz CT molecular complexity index is 810. The van der Waals surface area contributed by atoms with Crippen molar-refractivity contribution in [2.24, 2.45) is 0 Å². The summed E-state index contributed by atoms with van der Waals surface area (Å²) >= 11 is 9.05. The maximum atomic E-state index is 12.9. The van der Waals surface area contributed by atoms with E-state index in [0.717, 1.165) is 11.3 Å². The number of hydrogen-bond acceptors (Lipinski definition) is 3. The fourth-order valence-electron chi connectivity index (χ4n) is 2.56. The summed E-state index contributed by atoms with van der Waals surface area (Å²) in [4.78, 5) is 4.04. The van der Waals surface area contributed by atoms with Gasteiger partial charge in [-0.15, -0.1) is 0 Å². The lowest BCUT2D eigenvalue weighted by Crippen LogP contribution is -2.35. The molecule has 21 heavy (non-hydrogen) atoms.